The summed E-state index contributed by atoms with van der Waals surface area (Å²) in [5.41, 5.74) is 7.71. The molecule has 0 aliphatic carbocycles. The van der Waals surface area contributed by atoms with Crippen molar-refractivity contribution >= 4 is 11.6 Å². The van der Waals surface area contributed by atoms with Gasteiger partial charge in [-0.3, -0.25) is 4.98 Å². The van der Waals surface area contributed by atoms with E-state index in [4.69, 9.17) is 5.73 Å². The van der Waals surface area contributed by atoms with E-state index in [0.717, 1.165) is 31.9 Å². The molecule has 2 aromatic rings. The van der Waals surface area contributed by atoms with Crippen molar-refractivity contribution in [1.82, 2.24) is 9.88 Å². The number of aliphatic imine (C=N–C) groups is 1. The summed E-state index contributed by atoms with van der Waals surface area (Å²) in [6, 6.07) is 9.44. The molecule has 126 valence electrons. The second-order valence-electron chi connectivity index (χ2n) is 5.59. The number of pyridine rings is 1. The van der Waals surface area contributed by atoms with Crippen LogP contribution < -0.4 is 10.6 Å². The molecule has 1 aromatic carbocycles. The van der Waals surface area contributed by atoms with E-state index in [9.17, 15) is 8.78 Å². The van der Waals surface area contributed by atoms with Gasteiger partial charge in [-0.1, -0.05) is 0 Å². The van der Waals surface area contributed by atoms with Crippen LogP contribution in [0.2, 0.25) is 0 Å². The SMILES string of the molecule is NC(=NCc1ccc(F)cn1)N1CCN(c2ccc(F)cc2)CC1. The number of nitrogens with zero attached hydrogens (tertiary/aromatic N) is 4. The summed E-state index contributed by atoms with van der Waals surface area (Å²) >= 11 is 0. The predicted octanol–water partition coefficient (Wildman–Crippen LogP) is 2.00. The van der Waals surface area contributed by atoms with Crippen LogP contribution in [0.3, 0.4) is 0 Å². The summed E-state index contributed by atoms with van der Waals surface area (Å²) in [4.78, 5) is 12.5. The number of nitrogens with two attached hydrogens (primary N) is 1. The minimum Gasteiger partial charge on any atom is -0.370 e. The lowest BCUT2D eigenvalue weighted by Crippen LogP contribution is -2.51. The van der Waals surface area contributed by atoms with E-state index in [2.05, 4.69) is 14.9 Å². The van der Waals surface area contributed by atoms with Crippen LogP contribution in [0.25, 0.3) is 0 Å². The molecule has 1 aromatic heterocycles. The summed E-state index contributed by atoms with van der Waals surface area (Å²) in [6.45, 7) is 3.38. The van der Waals surface area contributed by atoms with Gasteiger partial charge in [0.1, 0.15) is 11.6 Å². The van der Waals surface area contributed by atoms with Gasteiger partial charge in [0.2, 0.25) is 0 Å². The minimum absolute atomic E-state index is 0.233. The maximum atomic E-state index is 13.0. The van der Waals surface area contributed by atoms with Gasteiger partial charge in [-0.05, 0) is 36.4 Å². The highest BCUT2D eigenvalue weighted by molar-refractivity contribution is 5.78. The van der Waals surface area contributed by atoms with Crippen molar-refractivity contribution in [1.29, 1.82) is 0 Å². The second kappa shape index (κ2) is 7.25. The molecule has 2 heterocycles. The monoisotopic (exact) mass is 331 g/mol. The van der Waals surface area contributed by atoms with Gasteiger partial charge in [-0.15, -0.1) is 0 Å². The molecule has 0 saturated carbocycles. The molecule has 3 rings (SSSR count). The Hall–Kier alpha value is -2.70. The summed E-state index contributed by atoms with van der Waals surface area (Å²) in [6.07, 6.45) is 1.17. The highest BCUT2D eigenvalue weighted by atomic mass is 19.1. The molecule has 0 bridgehead atoms. The van der Waals surface area contributed by atoms with Crippen LogP contribution in [0.4, 0.5) is 14.5 Å². The number of halogens is 2. The number of hydrogen-bond acceptors (Lipinski definition) is 3. The largest absolute Gasteiger partial charge is 0.370 e. The molecule has 0 radical (unpaired) electrons. The van der Waals surface area contributed by atoms with Crippen molar-refractivity contribution in [3.8, 4) is 0 Å². The molecule has 1 saturated heterocycles. The minimum atomic E-state index is -0.368. The number of hydrogen-bond donors (Lipinski definition) is 1. The lowest BCUT2D eigenvalue weighted by molar-refractivity contribution is 0.380. The first-order chi connectivity index (χ1) is 11.6. The first-order valence-electron chi connectivity index (χ1n) is 7.77. The number of anilines is 1. The molecule has 1 fully saturated rings. The van der Waals surface area contributed by atoms with Crippen molar-refractivity contribution in [3.63, 3.8) is 0 Å². The number of benzene rings is 1. The molecule has 1 aliphatic rings. The zero-order valence-corrected chi connectivity index (χ0v) is 13.2. The molecule has 7 heteroatoms. The molecular weight excluding hydrogens is 312 g/mol. The van der Waals surface area contributed by atoms with Crippen LogP contribution >= 0.6 is 0 Å². The van der Waals surface area contributed by atoms with Gasteiger partial charge >= 0.3 is 0 Å². The molecule has 0 amide bonds. The standard InChI is InChI=1S/C17H19F2N5/c18-13-2-5-16(6-3-13)23-7-9-24(10-8-23)17(20)22-12-15-4-1-14(19)11-21-15/h1-6,11H,7-10,12H2,(H2,20,22). The fraction of sp³-hybridized carbons (Fsp3) is 0.294. The first-order valence-corrected chi connectivity index (χ1v) is 7.77. The van der Waals surface area contributed by atoms with Crippen LogP contribution in [-0.4, -0.2) is 42.0 Å². The van der Waals surface area contributed by atoms with E-state index in [-0.39, 0.29) is 11.6 Å². The zero-order chi connectivity index (χ0) is 16.9. The van der Waals surface area contributed by atoms with Crippen molar-refractivity contribution in [2.45, 2.75) is 6.54 Å². The molecule has 2 N–H and O–H groups in total. The Balaban J connectivity index is 1.54. The summed E-state index contributed by atoms with van der Waals surface area (Å²) in [5, 5.41) is 0. The van der Waals surface area contributed by atoms with Crippen LogP contribution in [0.15, 0.2) is 47.6 Å². The van der Waals surface area contributed by atoms with Crippen LogP contribution in [-0.2, 0) is 6.54 Å². The van der Waals surface area contributed by atoms with Crippen molar-refractivity contribution in [2.24, 2.45) is 10.7 Å². The average molecular weight is 331 g/mol. The Bertz CT molecular complexity index is 692. The summed E-state index contributed by atoms with van der Waals surface area (Å²) in [7, 11) is 0. The number of rotatable bonds is 3. The van der Waals surface area contributed by atoms with Crippen molar-refractivity contribution < 1.29 is 8.78 Å². The molecular formula is C17H19F2N5. The highest BCUT2D eigenvalue weighted by Crippen LogP contribution is 2.16. The van der Waals surface area contributed by atoms with Gasteiger partial charge in [0.05, 0.1) is 18.4 Å². The average Bonchev–Trinajstić information content (AvgIpc) is 2.62. The van der Waals surface area contributed by atoms with E-state index in [1.54, 1.807) is 18.2 Å². The Morgan fingerprint density at radius 3 is 2.29 bits per heavy atom. The van der Waals surface area contributed by atoms with E-state index in [1.165, 1.54) is 24.4 Å². The van der Waals surface area contributed by atoms with Crippen molar-refractivity contribution in [2.75, 3.05) is 31.1 Å². The number of guanidine groups is 1. The lowest BCUT2D eigenvalue weighted by atomic mass is 10.2. The van der Waals surface area contributed by atoms with Crippen LogP contribution in [0, 0.1) is 11.6 Å². The Morgan fingerprint density at radius 1 is 1.00 bits per heavy atom. The quantitative estimate of drug-likeness (QED) is 0.690. The van der Waals surface area contributed by atoms with Crippen LogP contribution in [0.1, 0.15) is 5.69 Å². The second-order valence-corrected chi connectivity index (χ2v) is 5.59. The van der Waals surface area contributed by atoms with E-state index in [0.29, 0.717) is 18.2 Å². The maximum Gasteiger partial charge on any atom is 0.191 e. The van der Waals surface area contributed by atoms with E-state index < -0.39 is 0 Å². The van der Waals surface area contributed by atoms with E-state index >= 15 is 0 Å². The Morgan fingerprint density at radius 2 is 1.67 bits per heavy atom. The third kappa shape index (κ3) is 3.98. The van der Waals surface area contributed by atoms with Gasteiger partial charge in [0.15, 0.2) is 5.96 Å². The van der Waals surface area contributed by atoms with Gasteiger partial charge in [-0.2, -0.15) is 0 Å². The fourth-order valence-electron chi connectivity index (χ4n) is 2.61. The van der Waals surface area contributed by atoms with Gasteiger partial charge < -0.3 is 15.5 Å². The van der Waals surface area contributed by atoms with E-state index in [1.807, 2.05) is 4.90 Å². The number of aromatic nitrogens is 1. The zero-order valence-electron chi connectivity index (χ0n) is 13.2. The van der Waals surface area contributed by atoms with Crippen LogP contribution in [0.5, 0.6) is 0 Å². The summed E-state index contributed by atoms with van der Waals surface area (Å²) in [5.74, 6) is -0.143. The first kappa shape index (κ1) is 16.2. The van der Waals surface area contributed by atoms with Gasteiger partial charge in [-0.25, -0.2) is 13.8 Å². The molecule has 1 aliphatic heterocycles. The molecule has 0 unspecified atom stereocenters. The summed E-state index contributed by atoms with van der Waals surface area (Å²) < 4.78 is 25.8. The lowest BCUT2D eigenvalue weighted by Gasteiger charge is -2.36. The maximum absolute atomic E-state index is 13.0. The third-order valence-corrected chi connectivity index (χ3v) is 3.99. The van der Waals surface area contributed by atoms with Gasteiger partial charge in [0.25, 0.3) is 0 Å². The fourth-order valence-corrected chi connectivity index (χ4v) is 2.61. The molecule has 0 atom stereocenters. The van der Waals surface area contributed by atoms with Gasteiger partial charge in [0, 0.05) is 31.9 Å². The van der Waals surface area contributed by atoms with Crippen molar-refractivity contribution in [3.05, 3.63) is 59.9 Å². The molecule has 24 heavy (non-hydrogen) atoms. The predicted molar refractivity (Wildman–Crippen MR) is 89.7 cm³/mol. The molecule has 0 spiro atoms. The number of piperazine rings is 1. The third-order valence-electron chi connectivity index (χ3n) is 3.99. The smallest absolute Gasteiger partial charge is 0.191 e. The highest BCUT2D eigenvalue weighted by Gasteiger charge is 2.18. The Kier molecular flexibility index (Phi) is 4.88. The molecule has 5 nitrogen and oxygen atoms in total. The Labute approximate surface area is 139 Å². The topological polar surface area (TPSA) is 57.8 Å². The normalized spacial score (nSPS) is 15.7.